The summed E-state index contributed by atoms with van der Waals surface area (Å²) in [5.74, 6) is 0. The summed E-state index contributed by atoms with van der Waals surface area (Å²) in [4.78, 5) is 2.54. The molecule has 70 valence electrons. The van der Waals surface area contributed by atoms with Crippen LogP contribution in [0.5, 0.6) is 0 Å². The van der Waals surface area contributed by atoms with Gasteiger partial charge in [-0.05, 0) is 50.7 Å². The summed E-state index contributed by atoms with van der Waals surface area (Å²) in [6, 6.07) is 0.525. The van der Waals surface area contributed by atoms with E-state index in [0.29, 0.717) is 11.5 Å². The summed E-state index contributed by atoms with van der Waals surface area (Å²) in [7, 11) is 0. The first kappa shape index (κ1) is 8.52. The van der Waals surface area contributed by atoms with E-state index in [-0.39, 0.29) is 0 Å². The first-order valence-corrected chi connectivity index (χ1v) is 5.25. The maximum absolute atomic E-state index is 6.06. The molecule has 1 saturated carbocycles. The largest absolute Gasteiger partial charge is 0.327 e. The van der Waals surface area contributed by atoms with Crippen LogP contribution in [-0.2, 0) is 0 Å². The number of nitrogens with zero attached hydrogens (tertiary/aromatic N) is 1. The van der Waals surface area contributed by atoms with Crippen molar-refractivity contribution >= 4 is 0 Å². The molecule has 1 saturated heterocycles. The second kappa shape index (κ2) is 3.00. The van der Waals surface area contributed by atoms with Crippen LogP contribution >= 0.6 is 0 Å². The summed E-state index contributed by atoms with van der Waals surface area (Å²) in [5, 5.41) is 0. The monoisotopic (exact) mass is 168 g/mol. The van der Waals surface area contributed by atoms with Crippen LogP contribution < -0.4 is 5.73 Å². The first-order chi connectivity index (χ1) is 5.77. The molecular formula is C10H20N2. The van der Waals surface area contributed by atoms with Crippen molar-refractivity contribution in [2.24, 2.45) is 11.1 Å². The molecule has 1 spiro atoms. The van der Waals surface area contributed by atoms with E-state index < -0.39 is 0 Å². The zero-order chi connectivity index (χ0) is 8.60. The predicted molar refractivity (Wildman–Crippen MR) is 51.0 cm³/mol. The summed E-state index contributed by atoms with van der Waals surface area (Å²) in [6.45, 7) is 6.03. The molecule has 1 unspecified atom stereocenters. The molecular weight excluding hydrogens is 148 g/mol. The van der Waals surface area contributed by atoms with Gasteiger partial charge in [-0.1, -0.05) is 6.92 Å². The van der Waals surface area contributed by atoms with Crippen LogP contribution in [0, 0.1) is 5.41 Å². The highest BCUT2D eigenvalue weighted by Crippen LogP contribution is 2.47. The van der Waals surface area contributed by atoms with Crippen LogP contribution in [0.25, 0.3) is 0 Å². The topological polar surface area (TPSA) is 29.3 Å². The van der Waals surface area contributed by atoms with Crippen LogP contribution in [0.4, 0.5) is 0 Å². The molecule has 2 rings (SSSR count). The van der Waals surface area contributed by atoms with Gasteiger partial charge in [0.05, 0.1) is 0 Å². The average Bonchev–Trinajstić information content (AvgIpc) is 2.16. The quantitative estimate of drug-likeness (QED) is 0.637. The maximum Gasteiger partial charge on any atom is 0.00967 e. The molecule has 0 amide bonds. The summed E-state index contributed by atoms with van der Waals surface area (Å²) in [6.07, 6.45) is 5.36. The van der Waals surface area contributed by atoms with Gasteiger partial charge in [-0.2, -0.15) is 0 Å². The molecule has 2 nitrogen and oxygen atoms in total. The summed E-state index contributed by atoms with van der Waals surface area (Å²) in [5.41, 5.74) is 6.63. The van der Waals surface area contributed by atoms with E-state index in [0.717, 1.165) is 0 Å². The van der Waals surface area contributed by atoms with Gasteiger partial charge in [0.25, 0.3) is 0 Å². The highest BCUT2D eigenvalue weighted by atomic mass is 15.1. The molecule has 1 heterocycles. The molecule has 0 radical (unpaired) electrons. The highest BCUT2D eigenvalue weighted by Gasteiger charge is 2.45. The Morgan fingerprint density at radius 2 is 2.00 bits per heavy atom. The molecule has 0 bridgehead atoms. The molecule has 2 N–H and O–H groups in total. The normalized spacial score (nSPS) is 35.0. The number of hydrogen-bond acceptors (Lipinski definition) is 2. The van der Waals surface area contributed by atoms with Gasteiger partial charge in [0, 0.05) is 6.04 Å². The van der Waals surface area contributed by atoms with Crippen molar-refractivity contribution in [3.63, 3.8) is 0 Å². The molecule has 2 heteroatoms. The molecule has 0 aromatic rings. The minimum Gasteiger partial charge on any atom is -0.327 e. The van der Waals surface area contributed by atoms with Crippen LogP contribution in [0.3, 0.4) is 0 Å². The second-order valence-electron chi connectivity index (χ2n) is 4.44. The Labute approximate surface area is 75.1 Å². The van der Waals surface area contributed by atoms with E-state index in [1.165, 1.54) is 45.3 Å². The average molecular weight is 168 g/mol. The standard InChI is InChI=1S/C10H20N2/c1-2-12-7-5-10(6-8-12)4-3-9(10)11/h9H,2-8,11H2,1H3. The third kappa shape index (κ3) is 1.17. The van der Waals surface area contributed by atoms with E-state index in [9.17, 15) is 0 Å². The van der Waals surface area contributed by atoms with Crippen molar-refractivity contribution < 1.29 is 0 Å². The fourth-order valence-electron chi connectivity index (χ4n) is 2.65. The van der Waals surface area contributed by atoms with Crippen LogP contribution in [0.2, 0.25) is 0 Å². The van der Waals surface area contributed by atoms with E-state index in [2.05, 4.69) is 11.8 Å². The first-order valence-electron chi connectivity index (χ1n) is 5.25. The number of likely N-dealkylation sites (tertiary alicyclic amines) is 1. The summed E-state index contributed by atoms with van der Waals surface area (Å²) >= 11 is 0. The number of nitrogens with two attached hydrogens (primary N) is 1. The molecule has 0 aromatic heterocycles. The minimum absolute atomic E-state index is 0.525. The zero-order valence-electron chi connectivity index (χ0n) is 8.05. The Balaban J connectivity index is 1.89. The van der Waals surface area contributed by atoms with Gasteiger partial charge < -0.3 is 10.6 Å². The second-order valence-corrected chi connectivity index (χ2v) is 4.44. The van der Waals surface area contributed by atoms with Crippen molar-refractivity contribution in [3.8, 4) is 0 Å². The van der Waals surface area contributed by atoms with Gasteiger partial charge in [-0.15, -0.1) is 0 Å². The van der Waals surface area contributed by atoms with Gasteiger partial charge in [0.1, 0.15) is 0 Å². The minimum atomic E-state index is 0.525. The lowest BCUT2D eigenvalue weighted by atomic mass is 9.60. The van der Waals surface area contributed by atoms with Crippen LogP contribution in [-0.4, -0.2) is 30.6 Å². The van der Waals surface area contributed by atoms with Gasteiger partial charge in [0.15, 0.2) is 0 Å². The smallest absolute Gasteiger partial charge is 0.00967 e. The Kier molecular flexibility index (Phi) is 2.13. The molecule has 1 aliphatic heterocycles. The predicted octanol–water partition coefficient (Wildman–Crippen LogP) is 1.21. The van der Waals surface area contributed by atoms with E-state index >= 15 is 0 Å². The van der Waals surface area contributed by atoms with Crippen LogP contribution in [0.15, 0.2) is 0 Å². The highest BCUT2D eigenvalue weighted by molar-refractivity contribution is 5.01. The Bertz CT molecular complexity index is 159. The molecule has 2 fully saturated rings. The molecule has 1 atom stereocenters. The van der Waals surface area contributed by atoms with Gasteiger partial charge in [-0.25, -0.2) is 0 Å². The third-order valence-corrected chi connectivity index (χ3v) is 4.04. The van der Waals surface area contributed by atoms with Crippen LogP contribution in [0.1, 0.15) is 32.6 Å². The maximum atomic E-state index is 6.06. The number of piperidine rings is 1. The Morgan fingerprint density at radius 3 is 2.33 bits per heavy atom. The van der Waals surface area contributed by atoms with E-state index in [1.54, 1.807) is 0 Å². The van der Waals surface area contributed by atoms with Crippen molar-refractivity contribution in [1.82, 2.24) is 4.90 Å². The fraction of sp³-hybridized carbons (Fsp3) is 1.00. The lowest BCUT2D eigenvalue weighted by Gasteiger charge is -2.52. The molecule has 0 aromatic carbocycles. The zero-order valence-corrected chi connectivity index (χ0v) is 8.05. The number of rotatable bonds is 1. The van der Waals surface area contributed by atoms with Crippen molar-refractivity contribution in [3.05, 3.63) is 0 Å². The summed E-state index contributed by atoms with van der Waals surface area (Å²) < 4.78 is 0. The number of hydrogen-bond donors (Lipinski definition) is 1. The third-order valence-electron chi connectivity index (χ3n) is 4.04. The molecule has 12 heavy (non-hydrogen) atoms. The Morgan fingerprint density at radius 1 is 1.33 bits per heavy atom. The molecule has 2 aliphatic rings. The Hall–Kier alpha value is -0.0800. The SMILES string of the molecule is CCN1CCC2(CCC2N)CC1. The lowest BCUT2D eigenvalue weighted by Crippen LogP contribution is -2.56. The van der Waals surface area contributed by atoms with Gasteiger partial charge in [-0.3, -0.25) is 0 Å². The van der Waals surface area contributed by atoms with Crippen molar-refractivity contribution in [2.75, 3.05) is 19.6 Å². The van der Waals surface area contributed by atoms with Crippen molar-refractivity contribution in [1.29, 1.82) is 0 Å². The van der Waals surface area contributed by atoms with E-state index in [1.807, 2.05) is 0 Å². The fourth-order valence-corrected chi connectivity index (χ4v) is 2.65. The van der Waals surface area contributed by atoms with E-state index in [4.69, 9.17) is 5.73 Å². The van der Waals surface area contributed by atoms with Crippen molar-refractivity contribution in [2.45, 2.75) is 38.6 Å². The van der Waals surface area contributed by atoms with Gasteiger partial charge >= 0.3 is 0 Å². The van der Waals surface area contributed by atoms with Gasteiger partial charge in [0.2, 0.25) is 0 Å². The lowest BCUT2D eigenvalue weighted by molar-refractivity contribution is 0.0119. The molecule has 1 aliphatic carbocycles.